The second-order valence-corrected chi connectivity index (χ2v) is 6.25. The highest BCUT2D eigenvalue weighted by Gasteiger charge is 2.29. The van der Waals surface area contributed by atoms with Gasteiger partial charge in [0.1, 0.15) is 6.04 Å². The van der Waals surface area contributed by atoms with Gasteiger partial charge in [0.2, 0.25) is 5.91 Å². The van der Waals surface area contributed by atoms with E-state index in [1.807, 2.05) is 13.8 Å². The maximum absolute atomic E-state index is 11.3. The van der Waals surface area contributed by atoms with Gasteiger partial charge in [0.15, 0.2) is 5.17 Å². The topological polar surface area (TPSA) is 67.5 Å². The molecule has 2 unspecified atom stereocenters. The van der Waals surface area contributed by atoms with E-state index in [1.54, 1.807) is 11.8 Å². The van der Waals surface area contributed by atoms with E-state index in [2.05, 4.69) is 24.2 Å². The average Bonchev–Trinajstić information content (AvgIpc) is 2.25. The number of carbonyl (C=O) groups is 1. The highest BCUT2D eigenvalue weighted by molar-refractivity contribution is 8.13. The lowest BCUT2D eigenvalue weighted by atomic mass is 9.96. The lowest BCUT2D eigenvalue weighted by Gasteiger charge is -2.35. The zero-order valence-electron chi connectivity index (χ0n) is 11.1. The molecular weight excluding hydrogens is 234 g/mol. The first-order valence-corrected chi connectivity index (χ1v) is 7.14. The molecule has 1 rings (SSSR count). The van der Waals surface area contributed by atoms with Crippen LogP contribution in [0.5, 0.6) is 0 Å². The van der Waals surface area contributed by atoms with Gasteiger partial charge < -0.3 is 11.1 Å². The molecule has 17 heavy (non-hydrogen) atoms. The lowest BCUT2D eigenvalue weighted by molar-refractivity contribution is -0.120. The summed E-state index contributed by atoms with van der Waals surface area (Å²) in [7, 11) is 0. The molecule has 1 aliphatic heterocycles. The zero-order chi connectivity index (χ0) is 13.1. The largest absolute Gasteiger partial charge is 0.368 e. The minimum Gasteiger partial charge on any atom is -0.368 e. The Balaban J connectivity index is 2.80. The van der Waals surface area contributed by atoms with Crippen LogP contribution in [0.3, 0.4) is 0 Å². The Hall–Kier alpha value is -0.710. The summed E-state index contributed by atoms with van der Waals surface area (Å²) in [6.07, 6.45) is 2.17. The molecule has 0 spiro atoms. The number of amides is 1. The fourth-order valence-electron chi connectivity index (χ4n) is 1.73. The van der Waals surface area contributed by atoms with Gasteiger partial charge in [-0.25, -0.2) is 4.99 Å². The number of hydrogen-bond donors (Lipinski definition) is 2. The minimum atomic E-state index is -0.427. The summed E-state index contributed by atoms with van der Waals surface area (Å²) in [5.74, 6) is 0.829. The van der Waals surface area contributed by atoms with Crippen molar-refractivity contribution in [1.29, 1.82) is 0 Å². The van der Waals surface area contributed by atoms with Gasteiger partial charge in [-0.05, 0) is 25.7 Å². The molecule has 0 radical (unpaired) electrons. The third-order valence-corrected chi connectivity index (χ3v) is 4.15. The van der Waals surface area contributed by atoms with Gasteiger partial charge in [-0.2, -0.15) is 0 Å². The van der Waals surface area contributed by atoms with Gasteiger partial charge in [-0.15, -0.1) is 0 Å². The second-order valence-electron chi connectivity index (χ2n) is 5.16. The lowest BCUT2D eigenvalue weighted by Crippen LogP contribution is -2.49. The van der Waals surface area contributed by atoms with Crippen LogP contribution < -0.4 is 11.1 Å². The predicted octanol–water partition coefficient (Wildman–Crippen LogP) is 1.75. The summed E-state index contributed by atoms with van der Waals surface area (Å²) in [6, 6.07) is -0.427. The minimum absolute atomic E-state index is 0.100. The molecule has 0 bridgehead atoms. The summed E-state index contributed by atoms with van der Waals surface area (Å²) < 4.78 is 0. The van der Waals surface area contributed by atoms with Crippen molar-refractivity contribution >= 4 is 22.8 Å². The van der Waals surface area contributed by atoms with Gasteiger partial charge in [0.05, 0.1) is 0 Å². The van der Waals surface area contributed by atoms with Crippen LogP contribution in [0.25, 0.3) is 0 Å². The van der Waals surface area contributed by atoms with Crippen molar-refractivity contribution in [2.75, 3.05) is 5.75 Å². The Labute approximate surface area is 108 Å². The van der Waals surface area contributed by atoms with Crippen LogP contribution in [0.15, 0.2) is 4.99 Å². The molecule has 2 atom stereocenters. The quantitative estimate of drug-likeness (QED) is 0.806. The Morgan fingerprint density at radius 1 is 1.65 bits per heavy atom. The van der Waals surface area contributed by atoms with Crippen molar-refractivity contribution in [3.8, 4) is 0 Å². The molecule has 0 aromatic heterocycles. The molecule has 1 amide bonds. The van der Waals surface area contributed by atoms with Gasteiger partial charge >= 0.3 is 0 Å². The summed E-state index contributed by atoms with van der Waals surface area (Å²) in [4.78, 5) is 15.8. The Bertz CT molecular complexity index is 317. The molecule has 1 aliphatic rings. The maximum Gasteiger partial charge on any atom is 0.242 e. The van der Waals surface area contributed by atoms with E-state index < -0.39 is 6.04 Å². The Morgan fingerprint density at radius 2 is 2.29 bits per heavy atom. The number of nitrogens with one attached hydrogen (secondary N) is 1. The Kier molecular flexibility index (Phi) is 4.86. The average molecular weight is 257 g/mol. The fraction of sp³-hybridized carbons (Fsp3) is 0.833. The van der Waals surface area contributed by atoms with Crippen molar-refractivity contribution in [3.63, 3.8) is 0 Å². The molecular formula is C12H23N3OS. The predicted molar refractivity (Wildman–Crippen MR) is 74.2 cm³/mol. The van der Waals surface area contributed by atoms with Crippen LogP contribution in [0, 0.1) is 5.92 Å². The summed E-state index contributed by atoms with van der Waals surface area (Å²) in [5.41, 5.74) is 5.47. The van der Waals surface area contributed by atoms with Crippen LogP contribution in [0.1, 0.15) is 40.5 Å². The van der Waals surface area contributed by atoms with Crippen molar-refractivity contribution in [2.24, 2.45) is 16.6 Å². The molecule has 3 N–H and O–H groups in total. The molecule has 1 saturated heterocycles. The molecule has 0 aliphatic carbocycles. The van der Waals surface area contributed by atoms with Crippen molar-refractivity contribution in [2.45, 2.75) is 52.1 Å². The monoisotopic (exact) mass is 257 g/mol. The van der Waals surface area contributed by atoms with Crippen LogP contribution >= 0.6 is 11.8 Å². The summed E-state index contributed by atoms with van der Waals surface area (Å²) in [6.45, 7) is 8.28. The number of rotatable bonds is 4. The number of amidine groups is 1. The van der Waals surface area contributed by atoms with Gasteiger partial charge in [0, 0.05) is 11.3 Å². The van der Waals surface area contributed by atoms with Gasteiger partial charge in [-0.3, -0.25) is 4.79 Å². The first-order chi connectivity index (χ1) is 7.88. The first-order valence-electron chi connectivity index (χ1n) is 6.16. The smallest absolute Gasteiger partial charge is 0.242 e. The van der Waals surface area contributed by atoms with Crippen molar-refractivity contribution in [3.05, 3.63) is 0 Å². The molecule has 0 aromatic rings. The van der Waals surface area contributed by atoms with Crippen LogP contribution in [0.2, 0.25) is 0 Å². The normalized spacial score (nSPS) is 29.1. The first kappa shape index (κ1) is 14.4. The van der Waals surface area contributed by atoms with Crippen LogP contribution in [-0.2, 0) is 4.79 Å². The van der Waals surface area contributed by atoms with E-state index in [0.717, 1.165) is 23.8 Å². The number of thioether (sulfide) groups is 1. The highest BCUT2D eigenvalue weighted by atomic mass is 32.2. The number of carbonyl (C=O) groups excluding carboxylic acids is 1. The number of nitrogens with two attached hydrogens (primary N) is 1. The molecule has 1 heterocycles. The molecule has 98 valence electrons. The second kappa shape index (κ2) is 5.76. The van der Waals surface area contributed by atoms with Crippen molar-refractivity contribution < 1.29 is 4.79 Å². The van der Waals surface area contributed by atoms with E-state index in [4.69, 9.17) is 5.73 Å². The fourth-order valence-corrected chi connectivity index (χ4v) is 2.98. The standard InChI is InChI=1S/C12H23N3OS/c1-5-12(4)6-7-17-11(15-12)14-9(8(2)3)10(13)16/h8-9H,5-7H2,1-4H3,(H2,13,16)(H,14,15). The summed E-state index contributed by atoms with van der Waals surface area (Å²) >= 11 is 1.68. The maximum atomic E-state index is 11.3. The van der Waals surface area contributed by atoms with Crippen LogP contribution in [-0.4, -0.2) is 28.4 Å². The number of hydrogen-bond acceptors (Lipinski definition) is 3. The SMILES string of the molecule is CCC1(C)CCSC(=NC(C(N)=O)C(C)C)N1. The van der Waals surface area contributed by atoms with E-state index >= 15 is 0 Å². The van der Waals surface area contributed by atoms with E-state index in [-0.39, 0.29) is 17.4 Å². The van der Waals surface area contributed by atoms with Gasteiger partial charge in [-0.1, -0.05) is 32.5 Å². The van der Waals surface area contributed by atoms with E-state index in [1.165, 1.54) is 0 Å². The number of aliphatic imine (C=N–C) groups is 1. The number of nitrogens with zero attached hydrogens (tertiary/aromatic N) is 1. The van der Waals surface area contributed by atoms with E-state index in [9.17, 15) is 4.79 Å². The highest BCUT2D eigenvalue weighted by Crippen LogP contribution is 2.25. The molecule has 4 nitrogen and oxygen atoms in total. The number of primary amides is 1. The molecule has 0 aromatic carbocycles. The van der Waals surface area contributed by atoms with E-state index in [0.29, 0.717) is 0 Å². The molecule has 0 saturated carbocycles. The van der Waals surface area contributed by atoms with Crippen molar-refractivity contribution in [1.82, 2.24) is 5.32 Å². The zero-order valence-corrected chi connectivity index (χ0v) is 11.9. The molecule has 5 heteroatoms. The Morgan fingerprint density at radius 3 is 2.76 bits per heavy atom. The molecule has 1 fully saturated rings. The van der Waals surface area contributed by atoms with Gasteiger partial charge in [0.25, 0.3) is 0 Å². The van der Waals surface area contributed by atoms with Crippen LogP contribution in [0.4, 0.5) is 0 Å². The summed E-state index contributed by atoms with van der Waals surface area (Å²) in [5, 5.41) is 4.28. The third-order valence-electron chi connectivity index (χ3n) is 3.26. The third kappa shape index (κ3) is 3.91.